The zero-order chi connectivity index (χ0) is 19.7. The number of halogens is 1. The summed E-state index contributed by atoms with van der Waals surface area (Å²) in [6, 6.07) is 18.5. The van der Waals surface area contributed by atoms with Gasteiger partial charge in [0.05, 0.1) is 5.60 Å². The van der Waals surface area contributed by atoms with Crippen LogP contribution in [-0.2, 0) is 12.0 Å². The van der Waals surface area contributed by atoms with E-state index in [4.69, 9.17) is 11.6 Å². The lowest BCUT2D eigenvalue weighted by Gasteiger charge is -2.38. The van der Waals surface area contributed by atoms with Gasteiger partial charge in [-0.2, -0.15) is 0 Å². The van der Waals surface area contributed by atoms with Crippen LogP contribution >= 0.6 is 11.6 Å². The van der Waals surface area contributed by atoms with Crippen molar-refractivity contribution < 1.29 is 5.11 Å². The highest BCUT2D eigenvalue weighted by molar-refractivity contribution is 6.30. The summed E-state index contributed by atoms with van der Waals surface area (Å²) in [6.07, 6.45) is 10.8. The van der Waals surface area contributed by atoms with Crippen LogP contribution in [0.2, 0.25) is 5.02 Å². The van der Waals surface area contributed by atoms with Crippen molar-refractivity contribution in [1.82, 2.24) is 4.90 Å². The zero-order valence-corrected chi connectivity index (χ0v) is 17.7. The molecule has 152 valence electrons. The molecule has 0 saturated carbocycles. The molecule has 1 saturated heterocycles. The van der Waals surface area contributed by atoms with Gasteiger partial charge in [0.1, 0.15) is 0 Å². The highest BCUT2D eigenvalue weighted by Crippen LogP contribution is 2.33. The molecule has 0 bridgehead atoms. The van der Waals surface area contributed by atoms with Crippen molar-refractivity contribution >= 4 is 11.6 Å². The summed E-state index contributed by atoms with van der Waals surface area (Å²) in [5, 5.41) is 11.7. The number of unbranched alkanes of at least 4 members (excludes halogenated alkanes) is 5. The van der Waals surface area contributed by atoms with Gasteiger partial charge in [-0.15, -0.1) is 0 Å². The highest BCUT2D eigenvalue weighted by Gasteiger charge is 2.33. The standard InChI is InChI=1S/C25H34ClNO/c26-24-15-13-23(14-16-24)25(28)17-20-27(21-18-25)19-9-4-2-1-3-6-10-22-11-7-5-8-12-22/h5,7-8,11-16,28H,1-4,6,9-10,17-21H2. The van der Waals surface area contributed by atoms with Crippen LogP contribution in [-0.4, -0.2) is 29.6 Å². The topological polar surface area (TPSA) is 23.5 Å². The Morgan fingerprint density at radius 2 is 1.39 bits per heavy atom. The Morgan fingerprint density at radius 3 is 2.07 bits per heavy atom. The number of hydrogen-bond donors (Lipinski definition) is 1. The summed E-state index contributed by atoms with van der Waals surface area (Å²) < 4.78 is 0. The second kappa shape index (κ2) is 11.0. The van der Waals surface area contributed by atoms with E-state index in [2.05, 4.69) is 35.2 Å². The number of likely N-dealkylation sites (tertiary alicyclic amines) is 1. The van der Waals surface area contributed by atoms with Gasteiger partial charge in [-0.05, 0) is 61.9 Å². The first kappa shape index (κ1) is 21.4. The van der Waals surface area contributed by atoms with Crippen molar-refractivity contribution in [3.8, 4) is 0 Å². The van der Waals surface area contributed by atoms with E-state index in [1.54, 1.807) is 0 Å². The Labute approximate surface area is 175 Å². The highest BCUT2D eigenvalue weighted by atomic mass is 35.5. The smallest absolute Gasteiger partial charge is 0.0920 e. The molecule has 0 spiro atoms. The van der Waals surface area contributed by atoms with E-state index < -0.39 is 5.60 Å². The van der Waals surface area contributed by atoms with Crippen molar-refractivity contribution in [2.75, 3.05) is 19.6 Å². The zero-order valence-electron chi connectivity index (χ0n) is 17.0. The molecule has 28 heavy (non-hydrogen) atoms. The number of aryl methyl sites for hydroxylation is 1. The third kappa shape index (κ3) is 6.62. The first-order chi connectivity index (χ1) is 13.7. The Hall–Kier alpha value is -1.35. The molecule has 0 aromatic heterocycles. The molecular formula is C25H34ClNO. The lowest BCUT2D eigenvalue weighted by molar-refractivity contribution is -0.0261. The number of piperidine rings is 1. The Bertz CT molecular complexity index is 677. The summed E-state index contributed by atoms with van der Waals surface area (Å²) >= 11 is 5.97. The van der Waals surface area contributed by atoms with E-state index in [-0.39, 0.29) is 0 Å². The van der Waals surface area contributed by atoms with Gasteiger partial charge in [0.25, 0.3) is 0 Å². The Morgan fingerprint density at radius 1 is 0.786 bits per heavy atom. The van der Waals surface area contributed by atoms with Crippen LogP contribution in [0.25, 0.3) is 0 Å². The van der Waals surface area contributed by atoms with Gasteiger partial charge in [-0.25, -0.2) is 0 Å². The first-order valence-electron chi connectivity index (χ1n) is 10.9. The van der Waals surface area contributed by atoms with Crippen LogP contribution in [0, 0.1) is 0 Å². The van der Waals surface area contributed by atoms with Crippen LogP contribution < -0.4 is 0 Å². The molecule has 0 aliphatic carbocycles. The van der Waals surface area contributed by atoms with E-state index in [1.807, 2.05) is 24.3 Å². The van der Waals surface area contributed by atoms with Gasteiger partial charge in [-0.3, -0.25) is 0 Å². The quantitative estimate of drug-likeness (QED) is 0.480. The average molecular weight is 400 g/mol. The molecule has 3 rings (SSSR count). The van der Waals surface area contributed by atoms with Gasteiger partial charge in [0.2, 0.25) is 0 Å². The molecule has 0 unspecified atom stereocenters. The van der Waals surface area contributed by atoms with E-state index in [1.165, 1.54) is 57.1 Å². The molecule has 0 atom stereocenters. The van der Waals surface area contributed by atoms with Crippen molar-refractivity contribution in [3.63, 3.8) is 0 Å². The Kier molecular flexibility index (Phi) is 8.39. The number of nitrogens with zero attached hydrogens (tertiary/aromatic N) is 1. The third-order valence-electron chi connectivity index (χ3n) is 6.10. The molecule has 2 aromatic carbocycles. The van der Waals surface area contributed by atoms with Crippen LogP contribution in [0.5, 0.6) is 0 Å². The minimum absolute atomic E-state index is 0.681. The number of aliphatic hydroxyl groups is 1. The maximum atomic E-state index is 11.0. The predicted molar refractivity (Wildman–Crippen MR) is 119 cm³/mol. The van der Waals surface area contributed by atoms with E-state index in [0.29, 0.717) is 0 Å². The van der Waals surface area contributed by atoms with Gasteiger partial charge >= 0.3 is 0 Å². The minimum atomic E-state index is -0.681. The molecular weight excluding hydrogens is 366 g/mol. The fraction of sp³-hybridized carbons (Fsp3) is 0.520. The van der Waals surface area contributed by atoms with E-state index in [9.17, 15) is 5.11 Å². The largest absolute Gasteiger partial charge is 0.385 e. The molecule has 2 nitrogen and oxygen atoms in total. The maximum absolute atomic E-state index is 11.0. The summed E-state index contributed by atoms with van der Waals surface area (Å²) in [5.41, 5.74) is 1.79. The van der Waals surface area contributed by atoms with Crippen molar-refractivity contribution in [2.24, 2.45) is 0 Å². The van der Waals surface area contributed by atoms with Gasteiger partial charge in [-0.1, -0.05) is 79.7 Å². The molecule has 1 aliphatic rings. The SMILES string of the molecule is OC1(c2ccc(Cl)cc2)CCN(CCCCCCCCc2ccccc2)CC1. The normalized spacial score (nSPS) is 16.9. The molecule has 1 fully saturated rings. The third-order valence-corrected chi connectivity index (χ3v) is 6.35. The molecule has 0 amide bonds. The van der Waals surface area contributed by atoms with Gasteiger partial charge in [0, 0.05) is 18.1 Å². The first-order valence-corrected chi connectivity index (χ1v) is 11.3. The lowest BCUT2D eigenvalue weighted by atomic mass is 9.84. The van der Waals surface area contributed by atoms with Gasteiger partial charge < -0.3 is 10.0 Å². The van der Waals surface area contributed by atoms with E-state index >= 15 is 0 Å². The molecule has 3 heteroatoms. The van der Waals surface area contributed by atoms with Crippen molar-refractivity contribution in [1.29, 1.82) is 0 Å². The second-order valence-corrected chi connectivity index (χ2v) is 8.67. The van der Waals surface area contributed by atoms with Crippen LogP contribution in [0.3, 0.4) is 0 Å². The van der Waals surface area contributed by atoms with Crippen LogP contribution in [0.15, 0.2) is 54.6 Å². The fourth-order valence-electron chi connectivity index (χ4n) is 4.21. The fourth-order valence-corrected chi connectivity index (χ4v) is 4.34. The molecule has 0 radical (unpaired) electrons. The maximum Gasteiger partial charge on any atom is 0.0920 e. The molecule has 1 heterocycles. The van der Waals surface area contributed by atoms with E-state index in [0.717, 1.165) is 36.5 Å². The summed E-state index contributed by atoms with van der Waals surface area (Å²) in [6.45, 7) is 3.13. The molecule has 2 aromatic rings. The summed E-state index contributed by atoms with van der Waals surface area (Å²) in [4.78, 5) is 2.51. The lowest BCUT2D eigenvalue weighted by Crippen LogP contribution is -2.42. The van der Waals surface area contributed by atoms with Crippen LogP contribution in [0.4, 0.5) is 0 Å². The monoisotopic (exact) mass is 399 g/mol. The van der Waals surface area contributed by atoms with Gasteiger partial charge in [0.15, 0.2) is 0 Å². The molecule has 1 N–H and O–H groups in total. The van der Waals surface area contributed by atoms with Crippen molar-refractivity contribution in [3.05, 3.63) is 70.7 Å². The number of benzene rings is 2. The van der Waals surface area contributed by atoms with Crippen molar-refractivity contribution in [2.45, 2.75) is 63.4 Å². The number of rotatable bonds is 10. The van der Waals surface area contributed by atoms with Crippen LogP contribution in [0.1, 0.15) is 62.5 Å². The average Bonchev–Trinajstić information content (AvgIpc) is 2.72. The minimum Gasteiger partial charge on any atom is -0.385 e. The Balaban J connectivity index is 1.23. The summed E-state index contributed by atoms with van der Waals surface area (Å²) in [5.74, 6) is 0. The predicted octanol–water partition coefficient (Wildman–Crippen LogP) is 6.21. The second-order valence-electron chi connectivity index (χ2n) is 8.24. The number of hydrogen-bond acceptors (Lipinski definition) is 2. The molecule has 1 aliphatic heterocycles. The summed E-state index contributed by atoms with van der Waals surface area (Å²) in [7, 11) is 0.